The summed E-state index contributed by atoms with van der Waals surface area (Å²) in [5.41, 5.74) is 0.0741. The van der Waals surface area contributed by atoms with Crippen molar-refractivity contribution in [3.63, 3.8) is 0 Å². The second-order valence-electron chi connectivity index (χ2n) is 3.01. The summed E-state index contributed by atoms with van der Waals surface area (Å²) >= 11 is 0. The Balaban J connectivity index is 2.53. The van der Waals surface area contributed by atoms with Gasteiger partial charge >= 0.3 is 0 Å². The van der Waals surface area contributed by atoms with Crippen LogP contribution in [0.5, 0.6) is 0 Å². The molecule has 0 unspecified atom stereocenters. The Morgan fingerprint density at radius 1 is 1.31 bits per heavy atom. The number of hydrogen-bond acceptors (Lipinski definition) is 2. The van der Waals surface area contributed by atoms with Gasteiger partial charge in [0.05, 0.1) is 13.1 Å². The third kappa shape index (κ3) is 4.07. The maximum atomic E-state index is 12.8. The molecule has 0 atom stereocenters. The summed E-state index contributed by atoms with van der Waals surface area (Å²) < 4.78 is 25.5. The molecule has 0 saturated heterocycles. The van der Waals surface area contributed by atoms with Crippen LogP contribution in [0.15, 0.2) is 18.2 Å². The number of nitrogens with one attached hydrogen (secondary N) is 2. The van der Waals surface area contributed by atoms with Crippen LogP contribution < -0.4 is 10.6 Å². The van der Waals surface area contributed by atoms with Crippen molar-refractivity contribution in [2.75, 3.05) is 18.4 Å². The van der Waals surface area contributed by atoms with E-state index in [1.165, 1.54) is 0 Å². The number of carbonyl (C=O) groups excluding carboxylic acids is 1. The molecule has 16 heavy (non-hydrogen) atoms. The minimum atomic E-state index is -0.744. The minimum absolute atomic E-state index is 0.0116. The summed E-state index contributed by atoms with van der Waals surface area (Å²) in [5.74, 6) is 0.390. The molecule has 0 heterocycles. The summed E-state index contributed by atoms with van der Waals surface area (Å²) in [6, 6.07) is 2.79. The Hall–Kier alpha value is -1.93. The van der Waals surface area contributed by atoms with Crippen molar-refractivity contribution in [3.8, 4) is 12.3 Å². The number of benzene rings is 1. The molecule has 0 aliphatic heterocycles. The normalized spacial score (nSPS) is 9.56. The monoisotopic (exact) mass is 224 g/mol. The zero-order chi connectivity index (χ0) is 12.0. The minimum Gasteiger partial charge on any atom is -0.325 e. The number of halogens is 2. The maximum Gasteiger partial charge on any atom is 0.238 e. The standard InChI is InChI=1S/C11H10F2N2O/c1-2-3-14-7-11(16)15-10-5-8(12)4-9(13)6-10/h1,4-6,14H,3,7H2,(H,15,16). The summed E-state index contributed by atoms with van der Waals surface area (Å²) in [6.07, 6.45) is 4.96. The lowest BCUT2D eigenvalue weighted by Gasteiger charge is -2.05. The van der Waals surface area contributed by atoms with E-state index in [0.717, 1.165) is 18.2 Å². The van der Waals surface area contributed by atoms with Crippen LogP contribution in [0.1, 0.15) is 0 Å². The van der Waals surface area contributed by atoms with Gasteiger partial charge in [0, 0.05) is 11.8 Å². The summed E-state index contributed by atoms with van der Waals surface area (Å²) in [7, 11) is 0. The first-order valence-corrected chi connectivity index (χ1v) is 4.52. The molecule has 0 fully saturated rings. The molecule has 0 aliphatic rings. The average molecular weight is 224 g/mol. The fraction of sp³-hybridized carbons (Fsp3) is 0.182. The first kappa shape index (κ1) is 12.1. The van der Waals surface area contributed by atoms with Crippen molar-refractivity contribution in [2.45, 2.75) is 0 Å². The van der Waals surface area contributed by atoms with Crippen LogP contribution in [0.4, 0.5) is 14.5 Å². The molecular weight excluding hydrogens is 214 g/mol. The van der Waals surface area contributed by atoms with Gasteiger partial charge in [0.2, 0.25) is 5.91 Å². The van der Waals surface area contributed by atoms with Gasteiger partial charge in [-0.3, -0.25) is 10.1 Å². The van der Waals surface area contributed by atoms with Crippen molar-refractivity contribution >= 4 is 11.6 Å². The number of amides is 1. The average Bonchev–Trinajstić information content (AvgIpc) is 2.16. The van der Waals surface area contributed by atoms with Gasteiger partial charge in [0.15, 0.2) is 0 Å². The molecule has 1 rings (SSSR count). The van der Waals surface area contributed by atoms with Crippen LogP contribution in [0.25, 0.3) is 0 Å². The lowest BCUT2D eigenvalue weighted by Crippen LogP contribution is -2.28. The molecule has 1 aromatic carbocycles. The van der Waals surface area contributed by atoms with Gasteiger partial charge in [-0.05, 0) is 12.1 Å². The van der Waals surface area contributed by atoms with Crippen LogP contribution in [-0.4, -0.2) is 19.0 Å². The molecular formula is C11H10F2N2O. The molecule has 3 nitrogen and oxygen atoms in total. The Bertz CT molecular complexity index is 406. The molecule has 0 aliphatic carbocycles. The summed E-state index contributed by atoms with van der Waals surface area (Å²) in [5, 5.41) is 4.98. The van der Waals surface area contributed by atoms with Gasteiger partial charge in [0.1, 0.15) is 11.6 Å². The van der Waals surface area contributed by atoms with Crippen molar-refractivity contribution in [2.24, 2.45) is 0 Å². The van der Waals surface area contributed by atoms with Gasteiger partial charge in [-0.1, -0.05) is 5.92 Å². The highest BCUT2D eigenvalue weighted by atomic mass is 19.1. The van der Waals surface area contributed by atoms with Crippen molar-refractivity contribution < 1.29 is 13.6 Å². The SMILES string of the molecule is C#CCNCC(=O)Nc1cc(F)cc(F)c1. The number of hydrogen-bond donors (Lipinski definition) is 2. The van der Waals surface area contributed by atoms with Crippen LogP contribution in [0.2, 0.25) is 0 Å². The zero-order valence-corrected chi connectivity index (χ0v) is 8.39. The fourth-order valence-electron chi connectivity index (χ4n) is 1.08. The van der Waals surface area contributed by atoms with Gasteiger partial charge in [-0.25, -0.2) is 8.78 Å². The van der Waals surface area contributed by atoms with Gasteiger partial charge in [0.25, 0.3) is 0 Å². The van der Waals surface area contributed by atoms with Crippen LogP contribution >= 0.6 is 0 Å². The summed E-state index contributed by atoms with van der Waals surface area (Å²) in [4.78, 5) is 11.2. The fourth-order valence-corrected chi connectivity index (χ4v) is 1.08. The van der Waals surface area contributed by atoms with E-state index in [1.54, 1.807) is 0 Å². The molecule has 0 saturated carbocycles. The molecule has 0 radical (unpaired) electrons. The predicted octanol–water partition coefficient (Wildman–Crippen LogP) is 1.13. The smallest absolute Gasteiger partial charge is 0.238 e. The van der Waals surface area contributed by atoms with Gasteiger partial charge in [-0.15, -0.1) is 6.42 Å². The highest BCUT2D eigenvalue weighted by molar-refractivity contribution is 5.92. The third-order valence-corrected chi connectivity index (χ3v) is 1.66. The number of rotatable bonds is 4. The van der Waals surface area contributed by atoms with Gasteiger partial charge in [-0.2, -0.15) is 0 Å². The molecule has 84 valence electrons. The van der Waals surface area contributed by atoms with E-state index in [4.69, 9.17) is 6.42 Å². The predicted molar refractivity (Wildman–Crippen MR) is 56.7 cm³/mol. The topological polar surface area (TPSA) is 41.1 Å². The Labute approximate surface area is 91.8 Å². The van der Waals surface area contributed by atoms with E-state index in [-0.39, 0.29) is 18.8 Å². The van der Waals surface area contributed by atoms with E-state index >= 15 is 0 Å². The molecule has 1 aromatic rings. The van der Waals surface area contributed by atoms with Crippen molar-refractivity contribution in [1.82, 2.24) is 5.32 Å². The van der Waals surface area contributed by atoms with E-state index < -0.39 is 17.5 Å². The summed E-state index contributed by atoms with van der Waals surface area (Å²) in [6.45, 7) is 0.243. The highest BCUT2D eigenvalue weighted by Gasteiger charge is 2.04. The van der Waals surface area contributed by atoms with E-state index in [9.17, 15) is 13.6 Å². The lowest BCUT2D eigenvalue weighted by molar-refractivity contribution is -0.115. The van der Waals surface area contributed by atoms with E-state index in [1.807, 2.05) is 0 Å². The molecule has 0 spiro atoms. The quantitative estimate of drug-likeness (QED) is 0.594. The molecule has 2 N–H and O–H groups in total. The number of anilines is 1. The Morgan fingerprint density at radius 2 is 1.94 bits per heavy atom. The van der Waals surface area contributed by atoms with E-state index in [0.29, 0.717) is 0 Å². The first-order chi connectivity index (χ1) is 7.61. The van der Waals surface area contributed by atoms with Crippen LogP contribution in [-0.2, 0) is 4.79 Å². The maximum absolute atomic E-state index is 12.8. The van der Waals surface area contributed by atoms with Crippen molar-refractivity contribution in [1.29, 1.82) is 0 Å². The molecule has 0 bridgehead atoms. The Morgan fingerprint density at radius 3 is 2.50 bits per heavy atom. The molecule has 5 heteroatoms. The van der Waals surface area contributed by atoms with Crippen LogP contribution in [0, 0.1) is 24.0 Å². The largest absolute Gasteiger partial charge is 0.325 e. The second-order valence-corrected chi connectivity index (χ2v) is 3.01. The van der Waals surface area contributed by atoms with Gasteiger partial charge < -0.3 is 5.32 Å². The third-order valence-electron chi connectivity index (χ3n) is 1.66. The van der Waals surface area contributed by atoms with E-state index in [2.05, 4.69) is 16.6 Å². The highest BCUT2D eigenvalue weighted by Crippen LogP contribution is 2.12. The lowest BCUT2D eigenvalue weighted by atomic mass is 10.3. The van der Waals surface area contributed by atoms with Crippen LogP contribution in [0.3, 0.4) is 0 Å². The van der Waals surface area contributed by atoms with Crippen molar-refractivity contribution in [3.05, 3.63) is 29.8 Å². The first-order valence-electron chi connectivity index (χ1n) is 4.52. The number of terminal acetylenes is 1. The number of carbonyl (C=O) groups is 1. The molecule has 0 aromatic heterocycles. The second kappa shape index (κ2) is 5.83. The Kier molecular flexibility index (Phi) is 4.42. The molecule has 1 amide bonds. The zero-order valence-electron chi connectivity index (χ0n) is 8.39.